The van der Waals surface area contributed by atoms with Gasteiger partial charge in [-0.25, -0.2) is 0 Å². The van der Waals surface area contributed by atoms with Crippen LogP contribution in [-0.2, 0) is 0 Å². The van der Waals surface area contributed by atoms with Crippen LogP contribution in [0, 0.1) is 6.92 Å². The summed E-state index contributed by atoms with van der Waals surface area (Å²) in [5.41, 5.74) is 1.38. The molecule has 0 radical (unpaired) electrons. The average molecular weight is 190 g/mol. The highest BCUT2D eigenvalue weighted by Gasteiger charge is 2.30. The van der Waals surface area contributed by atoms with Gasteiger partial charge < -0.3 is 4.74 Å². The SMILES string of the molecule is Cc1ccc(OC2(C)CCCC2)cc1. The van der Waals surface area contributed by atoms with Crippen LogP contribution < -0.4 is 4.74 Å². The number of ether oxygens (including phenoxy) is 1. The number of aryl methyl sites for hydroxylation is 1. The Morgan fingerprint density at radius 2 is 1.64 bits per heavy atom. The molecule has 0 bridgehead atoms. The van der Waals surface area contributed by atoms with Crippen LogP contribution in [0.5, 0.6) is 5.75 Å². The molecule has 0 spiro atoms. The zero-order valence-corrected chi connectivity index (χ0v) is 9.05. The molecule has 1 heteroatoms. The third kappa shape index (κ3) is 2.09. The van der Waals surface area contributed by atoms with Gasteiger partial charge in [0.2, 0.25) is 0 Å². The Morgan fingerprint density at radius 1 is 1.07 bits per heavy atom. The van der Waals surface area contributed by atoms with E-state index in [4.69, 9.17) is 4.74 Å². The molecule has 76 valence electrons. The third-order valence-corrected chi connectivity index (χ3v) is 3.05. The lowest BCUT2D eigenvalue weighted by molar-refractivity contribution is 0.0968. The van der Waals surface area contributed by atoms with Gasteiger partial charge in [0, 0.05) is 0 Å². The quantitative estimate of drug-likeness (QED) is 0.690. The predicted octanol–water partition coefficient (Wildman–Crippen LogP) is 3.71. The van der Waals surface area contributed by atoms with Gasteiger partial charge >= 0.3 is 0 Å². The second kappa shape index (κ2) is 3.64. The molecule has 0 heterocycles. The van der Waals surface area contributed by atoms with Gasteiger partial charge in [0.05, 0.1) is 0 Å². The van der Waals surface area contributed by atoms with Crippen molar-refractivity contribution in [2.45, 2.75) is 45.1 Å². The van der Waals surface area contributed by atoms with E-state index >= 15 is 0 Å². The summed E-state index contributed by atoms with van der Waals surface area (Å²) in [6, 6.07) is 8.35. The first kappa shape index (κ1) is 9.57. The maximum atomic E-state index is 6.02. The fourth-order valence-electron chi connectivity index (χ4n) is 2.12. The van der Waals surface area contributed by atoms with Crippen LogP contribution >= 0.6 is 0 Å². The van der Waals surface area contributed by atoms with E-state index in [9.17, 15) is 0 Å². The topological polar surface area (TPSA) is 9.23 Å². The normalized spacial score (nSPS) is 19.6. The van der Waals surface area contributed by atoms with E-state index in [-0.39, 0.29) is 5.60 Å². The highest BCUT2D eigenvalue weighted by molar-refractivity contribution is 5.27. The van der Waals surface area contributed by atoms with Crippen LogP contribution in [0.3, 0.4) is 0 Å². The molecule has 1 aliphatic carbocycles. The number of hydrogen-bond acceptors (Lipinski definition) is 1. The molecular weight excluding hydrogens is 172 g/mol. The molecule has 1 fully saturated rings. The Balaban J connectivity index is 2.06. The summed E-state index contributed by atoms with van der Waals surface area (Å²) in [5.74, 6) is 1.01. The van der Waals surface area contributed by atoms with Crippen molar-refractivity contribution >= 4 is 0 Å². The van der Waals surface area contributed by atoms with Gasteiger partial charge in [-0.1, -0.05) is 17.7 Å². The minimum Gasteiger partial charge on any atom is -0.488 e. The molecule has 0 aromatic heterocycles. The molecule has 0 N–H and O–H groups in total. The summed E-state index contributed by atoms with van der Waals surface area (Å²) >= 11 is 0. The van der Waals surface area contributed by atoms with Gasteiger partial charge in [-0.15, -0.1) is 0 Å². The van der Waals surface area contributed by atoms with Crippen LogP contribution in [0.2, 0.25) is 0 Å². The van der Waals surface area contributed by atoms with E-state index in [0.29, 0.717) is 0 Å². The number of rotatable bonds is 2. The average Bonchev–Trinajstić information content (AvgIpc) is 2.57. The van der Waals surface area contributed by atoms with E-state index < -0.39 is 0 Å². The van der Waals surface area contributed by atoms with E-state index in [0.717, 1.165) is 5.75 Å². The van der Waals surface area contributed by atoms with E-state index in [1.807, 2.05) is 0 Å². The first-order chi connectivity index (χ1) is 6.68. The van der Waals surface area contributed by atoms with Gasteiger partial charge in [0.25, 0.3) is 0 Å². The van der Waals surface area contributed by atoms with Crippen molar-refractivity contribution < 1.29 is 4.74 Å². The molecule has 0 amide bonds. The Kier molecular flexibility index (Phi) is 2.49. The van der Waals surface area contributed by atoms with Gasteiger partial charge in [0.15, 0.2) is 0 Å². The van der Waals surface area contributed by atoms with E-state index in [1.54, 1.807) is 0 Å². The van der Waals surface area contributed by atoms with Gasteiger partial charge in [-0.05, 0) is 51.7 Å². The van der Waals surface area contributed by atoms with Crippen molar-refractivity contribution in [1.29, 1.82) is 0 Å². The minimum atomic E-state index is 0.0925. The van der Waals surface area contributed by atoms with Gasteiger partial charge in [0.1, 0.15) is 11.4 Å². The lowest BCUT2D eigenvalue weighted by Crippen LogP contribution is -2.27. The van der Waals surface area contributed by atoms with E-state index in [1.165, 1.54) is 31.2 Å². The van der Waals surface area contributed by atoms with Crippen molar-refractivity contribution in [2.24, 2.45) is 0 Å². The molecule has 1 nitrogen and oxygen atoms in total. The molecule has 0 unspecified atom stereocenters. The largest absolute Gasteiger partial charge is 0.488 e. The fourth-order valence-corrected chi connectivity index (χ4v) is 2.12. The fraction of sp³-hybridized carbons (Fsp3) is 0.538. The van der Waals surface area contributed by atoms with Crippen molar-refractivity contribution in [2.75, 3.05) is 0 Å². The molecule has 0 saturated heterocycles. The summed E-state index contributed by atoms with van der Waals surface area (Å²) in [4.78, 5) is 0. The molecule has 1 aliphatic rings. The lowest BCUT2D eigenvalue weighted by Gasteiger charge is -2.25. The summed E-state index contributed by atoms with van der Waals surface area (Å²) in [7, 11) is 0. The van der Waals surface area contributed by atoms with E-state index in [2.05, 4.69) is 38.1 Å². The zero-order chi connectivity index (χ0) is 10.0. The van der Waals surface area contributed by atoms with Crippen molar-refractivity contribution in [3.63, 3.8) is 0 Å². The molecular formula is C13H18O. The minimum absolute atomic E-state index is 0.0925. The van der Waals surface area contributed by atoms with Gasteiger partial charge in [-0.2, -0.15) is 0 Å². The number of hydrogen-bond donors (Lipinski definition) is 0. The maximum absolute atomic E-state index is 6.02. The Bertz CT molecular complexity index is 294. The standard InChI is InChI=1S/C13H18O/c1-11-5-7-12(8-6-11)14-13(2)9-3-4-10-13/h5-8H,3-4,9-10H2,1-2H3. The number of benzene rings is 1. The maximum Gasteiger partial charge on any atom is 0.120 e. The van der Waals surface area contributed by atoms with Gasteiger partial charge in [-0.3, -0.25) is 0 Å². The Hall–Kier alpha value is -0.980. The highest BCUT2D eigenvalue weighted by Crippen LogP contribution is 2.33. The van der Waals surface area contributed by atoms with Crippen molar-refractivity contribution in [3.05, 3.63) is 29.8 Å². The van der Waals surface area contributed by atoms with Crippen LogP contribution in [0.4, 0.5) is 0 Å². The summed E-state index contributed by atoms with van der Waals surface area (Å²) in [5, 5.41) is 0. The second-order valence-corrected chi connectivity index (χ2v) is 4.57. The van der Waals surface area contributed by atoms with Crippen LogP contribution in [0.25, 0.3) is 0 Å². The summed E-state index contributed by atoms with van der Waals surface area (Å²) < 4.78 is 6.02. The first-order valence-corrected chi connectivity index (χ1v) is 5.44. The lowest BCUT2D eigenvalue weighted by atomic mass is 10.1. The van der Waals surface area contributed by atoms with Crippen LogP contribution in [0.1, 0.15) is 38.2 Å². The monoisotopic (exact) mass is 190 g/mol. The van der Waals surface area contributed by atoms with Crippen LogP contribution in [0.15, 0.2) is 24.3 Å². The predicted molar refractivity (Wildman–Crippen MR) is 58.7 cm³/mol. The molecule has 1 aromatic carbocycles. The smallest absolute Gasteiger partial charge is 0.120 e. The Labute approximate surface area is 86.1 Å². The summed E-state index contributed by atoms with van der Waals surface area (Å²) in [6.45, 7) is 4.32. The molecule has 14 heavy (non-hydrogen) atoms. The third-order valence-electron chi connectivity index (χ3n) is 3.05. The first-order valence-electron chi connectivity index (χ1n) is 5.44. The molecule has 0 aliphatic heterocycles. The second-order valence-electron chi connectivity index (χ2n) is 4.57. The zero-order valence-electron chi connectivity index (χ0n) is 9.05. The molecule has 1 aromatic rings. The molecule has 0 atom stereocenters. The highest BCUT2D eigenvalue weighted by atomic mass is 16.5. The molecule has 2 rings (SSSR count). The Morgan fingerprint density at radius 3 is 2.21 bits per heavy atom. The summed E-state index contributed by atoms with van der Waals surface area (Å²) in [6.07, 6.45) is 5.01. The van der Waals surface area contributed by atoms with Crippen LogP contribution in [-0.4, -0.2) is 5.60 Å². The van der Waals surface area contributed by atoms with Crippen molar-refractivity contribution in [1.82, 2.24) is 0 Å². The molecule has 1 saturated carbocycles. The van der Waals surface area contributed by atoms with Crippen molar-refractivity contribution in [3.8, 4) is 5.75 Å².